The van der Waals surface area contributed by atoms with E-state index in [1.54, 1.807) is 6.20 Å². The van der Waals surface area contributed by atoms with Crippen LogP contribution >= 0.6 is 0 Å². The average molecular weight is 287 g/mol. The Balaban J connectivity index is 1.96. The Hall–Kier alpha value is -2.30. The fourth-order valence-corrected chi connectivity index (χ4v) is 2.01. The van der Waals surface area contributed by atoms with Crippen molar-refractivity contribution in [3.8, 4) is 5.75 Å². The van der Waals surface area contributed by atoms with Gasteiger partial charge in [-0.15, -0.1) is 0 Å². The monoisotopic (exact) mass is 287 g/mol. The van der Waals surface area contributed by atoms with Crippen molar-refractivity contribution in [1.82, 2.24) is 14.9 Å². The zero-order valence-corrected chi connectivity index (χ0v) is 12.7. The highest BCUT2D eigenvalue weighted by Crippen LogP contribution is 2.18. The molecule has 0 spiro atoms. The summed E-state index contributed by atoms with van der Waals surface area (Å²) >= 11 is 0. The smallest absolute Gasteiger partial charge is 0.261 e. The lowest BCUT2D eigenvalue weighted by molar-refractivity contribution is -0.128. The molecule has 5 nitrogen and oxygen atoms in total. The summed E-state index contributed by atoms with van der Waals surface area (Å²) in [6.45, 7) is 4.30. The van der Waals surface area contributed by atoms with E-state index < -0.39 is 6.10 Å². The van der Waals surface area contributed by atoms with Crippen molar-refractivity contribution in [3.05, 3.63) is 48.0 Å². The molecule has 1 atom stereocenters. The van der Waals surface area contributed by atoms with Gasteiger partial charge in [-0.05, 0) is 25.0 Å². The topological polar surface area (TPSA) is 56.1 Å². The van der Waals surface area contributed by atoms with Crippen LogP contribution in [0, 0.1) is 6.92 Å². The van der Waals surface area contributed by atoms with Gasteiger partial charge in [0.25, 0.3) is 5.91 Å². The second-order valence-corrected chi connectivity index (χ2v) is 4.95. The van der Waals surface area contributed by atoms with E-state index in [9.17, 15) is 4.79 Å². The lowest BCUT2D eigenvalue weighted by Gasteiger charge is -2.18. The van der Waals surface area contributed by atoms with Crippen LogP contribution in [0.25, 0.3) is 0 Å². The molecule has 0 aliphatic carbocycles. The molecule has 2 rings (SSSR count). The van der Waals surface area contributed by atoms with E-state index in [1.165, 1.54) is 0 Å². The Labute approximate surface area is 125 Å². The molecule has 1 unspecified atom stereocenters. The molecule has 0 fully saturated rings. The Bertz CT molecular complexity index is 607. The van der Waals surface area contributed by atoms with Gasteiger partial charge in [0.05, 0.1) is 6.54 Å². The number of aromatic nitrogens is 2. The molecule has 5 heteroatoms. The Kier molecular flexibility index (Phi) is 4.98. The van der Waals surface area contributed by atoms with E-state index in [0.717, 1.165) is 17.1 Å². The number of imidazole rings is 1. The van der Waals surface area contributed by atoms with Gasteiger partial charge in [0.2, 0.25) is 0 Å². The highest BCUT2D eigenvalue weighted by atomic mass is 16.5. The van der Waals surface area contributed by atoms with Gasteiger partial charge >= 0.3 is 0 Å². The number of carbonyl (C=O) groups excluding carboxylic acids is 1. The number of benzene rings is 1. The van der Waals surface area contributed by atoms with Crippen LogP contribution in [-0.4, -0.2) is 21.6 Å². The lowest BCUT2D eigenvalue weighted by Crippen LogP contribution is -2.38. The lowest BCUT2D eigenvalue weighted by atomic mass is 10.2. The van der Waals surface area contributed by atoms with E-state index in [-0.39, 0.29) is 5.91 Å². The molecule has 0 bridgehead atoms. The van der Waals surface area contributed by atoms with Gasteiger partial charge in [-0.1, -0.05) is 25.1 Å². The van der Waals surface area contributed by atoms with E-state index in [2.05, 4.69) is 10.3 Å². The Morgan fingerprint density at radius 2 is 2.19 bits per heavy atom. The normalized spacial score (nSPS) is 12.0. The molecule has 0 radical (unpaired) electrons. The minimum atomic E-state index is -0.494. The molecule has 1 aromatic carbocycles. The van der Waals surface area contributed by atoms with Gasteiger partial charge in [0.15, 0.2) is 6.10 Å². The number of ether oxygens (including phenoxy) is 1. The van der Waals surface area contributed by atoms with Gasteiger partial charge in [-0.3, -0.25) is 4.79 Å². The second kappa shape index (κ2) is 6.92. The first-order chi connectivity index (χ1) is 10.1. The van der Waals surface area contributed by atoms with Crippen molar-refractivity contribution < 1.29 is 9.53 Å². The standard InChI is InChI=1S/C16H21N3O2/c1-4-13(21-14-8-6-5-7-12(14)2)16(20)18-11-15-17-9-10-19(15)3/h5-10,13H,4,11H2,1-3H3,(H,18,20). The summed E-state index contributed by atoms with van der Waals surface area (Å²) in [6, 6.07) is 7.70. The highest BCUT2D eigenvalue weighted by molar-refractivity contribution is 5.81. The maximum absolute atomic E-state index is 12.2. The van der Waals surface area contributed by atoms with Gasteiger partial charge in [0.1, 0.15) is 11.6 Å². The van der Waals surface area contributed by atoms with Crippen LogP contribution in [0.15, 0.2) is 36.7 Å². The maximum Gasteiger partial charge on any atom is 0.261 e. The molecule has 0 aliphatic heterocycles. The first kappa shape index (κ1) is 15.1. The van der Waals surface area contributed by atoms with Gasteiger partial charge in [-0.2, -0.15) is 0 Å². The van der Waals surface area contributed by atoms with E-state index in [0.29, 0.717) is 13.0 Å². The number of nitrogens with zero attached hydrogens (tertiary/aromatic N) is 2. The van der Waals surface area contributed by atoms with Crippen LogP contribution in [0.5, 0.6) is 5.75 Å². The fraction of sp³-hybridized carbons (Fsp3) is 0.375. The first-order valence-electron chi connectivity index (χ1n) is 7.08. The number of rotatable bonds is 6. The largest absolute Gasteiger partial charge is 0.480 e. The van der Waals surface area contributed by atoms with Gasteiger partial charge in [-0.25, -0.2) is 4.98 Å². The third-order valence-electron chi connectivity index (χ3n) is 3.37. The Morgan fingerprint density at radius 3 is 2.81 bits per heavy atom. The summed E-state index contributed by atoms with van der Waals surface area (Å²) in [4.78, 5) is 16.4. The van der Waals surface area contributed by atoms with E-state index in [1.807, 2.05) is 55.9 Å². The summed E-state index contributed by atoms with van der Waals surface area (Å²) in [5, 5.41) is 2.87. The predicted molar refractivity (Wildman–Crippen MR) is 80.9 cm³/mol. The third kappa shape index (κ3) is 3.84. The summed E-state index contributed by atoms with van der Waals surface area (Å²) in [7, 11) is 1.90. The second-order valence-electron chi connectivity index (χ2n) is 4.95. The summed E-state index contributed by atoms with van der Waals surface area (Å²) in [6.07, 6.45) is 3.68. The van der Waals surface area contributed by atoms with Crippen LogP contribution in [-0.2, 0) is 18.4 Å². The van der Waals surface area contributed by atoms with E-state index >= 15 is 0 Å². The SMILES string of the molecule is CCC(Oc1ccccc1C)C(=O)NCc1nccn1C. The predicted octanol–water partition coefficient (Wildman–Crippen LogP) is 2.20. The van der Waals surface area contributed by atoms with Crippen molar-refractivity contribution in [2.75, 3.05) is 0 Å². The maximum atomic E-state index is 12.2. The van der Waals surface area contributed by atoms with Crippen molar-refractivity contribution >= 4 is 5.91 Å². The molecule has 1 aromatic heterocycles. The van der Waals surface area contributed by atoms with E-state index in [4.69, 9.17) is 4.74 Å². The quantitative estimate of drug-likeness (QED) is 0.886. The number of carbonyl (C=O) groups is 1. The summed E-state index contributed by atoms with van der Waals surface area (Å²) in [5.41, 5.74) is 1.02. The minimum absolute atomic E-state index is 0.122. The molecular formula is C16H21N3O2. The number of hydrogen-bond donors (Lipinski definition) is 1. The van der Waals surface area contributed by atoms with Crippen LogP contribution in [0.1, 0.15) is 24.7 Å². The molecule has 2 aromatic rings. The molecule has 112 valence electrons. The summed E-state index contributed by atoms with van der Waals surface area (Å²) < 4.78 is 7.70. The molecule has 0 saturated carbocycles. The zero-order chi connectivity index (χ0) is 15.2. The Morgan fingerprint density at radius 1 is 1.43 bits per heavy atom. The molecule has 0 aliphatic rings. The number of hydrogen-bond acceptors (Lipinski definition) is 3. The van der Waals surface area contributed by atoms with Crippen LogP contribution < -0.4 is 10.1 Å². The van der Waals surface area contributed by atoms with Crippen molar-refractivity contribution in [1.29, 1.82) is 0 Å². The fourth-order valence-electron chi connectivity index (χ4n) is 2.01. The first-order valence-corrected chi connectivity index (χ1v) is 7.08. The molecular weight excluding hydrogens is 266 g/mol. The van der Waals surface area contributed by atoms with Gasteiger partial charge in [0, 0.05) is 19.4 Å². The molecule has 1 amide bonds. The van der Waals surface area contributed by atoms with Crippen LogP contribution in [0.4, 0.5) is 0 Å². The van der Waals surface area contributed by atoms with Gasteiger partial charge < -0.3 is 14.6 Å². The number of nitrogens with one attached hydrogen (secondary N) is 1. The van der Waals surface area contributed by atoms with Crippen LogP contribution in [0.3, 0.4) is 0 Å². The molecule has 1 heterocycles. The number of para-hydroxylation sites is 1. The molecule has 1 N–H and O–H groups in total. The minimum Gasteiger partial charge on any atom is -0.480 e. The van der Waals surface area contributed by atoms with Crippen molar-refractivity contribution in [2.24, 2.45) is 7.05 Å². The van der Waals surface area contributed by atoms with Crippen molar-refractivity contribution in [3.63, 3.8) is 0 Å². The number of amides is 1. The third-order valence-corrected chi connectivity index (χ3v) is 3.37. The zero-order valence-electron chi connectivity index (χ0n) is 12.7. The van der Waals surface area contributed by atoms with Crippen molar-refractivity contribution in [2.45, 2.75) is 32.9 Å². The highest BCUT2D eigenvalue weighted by Gasteiger charge is 2.19. The number of aryl methyl sites for hydroxylation is 2. The molecule has 0 saturated heterocycles. The average Bonchev–Trinajstić information content (AvgIpc) is 2.89. The molecule has 21 heavy (non-hydrogen) atoms. The van der Waals surface area contributed by atoms with Crippen LogP contribution in [0.2, 0.25) is 0 Å². The summed E-state index contributed by atoms with van der Waals surface area (Å²) in [5.74, 6) is 1.44.